The molecule has 0 bridgehead atoms. The fraction of sp³-hybridized carbons (Fsp3) is 0.278. The highest BCUT2D eigenvalue weighted by atomic mass is 19.3. The molecule has 2 aromatic rings. The van der Waals surface area contributed by atoms with Gasteiger partial charge in [-0.1, -0.05) is 12.1 Å². The number of rotatable bonds is 8. The number of methoxy groups -OCH3 is 2. The number of hydrogen-bond acceptors (Lipinski definition) is 5. The highest BCUT2D eigenvalue weighted by molar-refractivity contribution is 5.95. The lowest BCUT2D eigenvalue weighted by Gasteiger charge is -2.15. The van der Waals surface area contributed by atoms with Crippen LogP contribution in [0.3, 0.4) is 0 Å². The van der Waals surface area contributed by atoms with Crippen molar-refractivity contribution in [3.8, 4) is 17.2 Å². The summed E-state index contributed by atoms with van der Waals surface area (Å²) in [6, 6.07) is 9.49. The minimum atomic E-state index is -2.97. The first kappa shape index (κ1) is 19.3. The predicted octanol–water partition coefficient (Wildman–Crippen LogP) is 3.66. The summed E-state index contributed by atoms with van der Waals surface area (Å²) in [6.07, 6.45) is 0. The summed E-state index contributed by atoms with van der Waals surface area (Å²) in [4.78, 5) is 12.1. The Bertz CT molecular complexity index is 769. The minimum absolute atomic E-state index is 0.0701. The fourth-order valence-corrected chi connectivity index (χ4v) is 2.31. The lowest BCUT2D eigenvalue weighted by Crippen LogP contribution is -2.22. The topological polar surface area (TPSA) is 68.8 Å². The van der Waals surface area contributed by atoms with Crippen LogP contribution in [0.15, 0.2) is 36.4 Å². The SMILES string of the molecule is COc1cc(C)c(NCC(=O)Nc2ccccc2OC(F)F)cc1OC. The second kappa shape index (κ2) is 8.89. The second-order valence-corrected chi connectivity index (χ2v) is 5.30. The van der Waals surface area contributed by atoms with Gasteiger partial charge in [-0.25, -0.2) is 0 Å². The standard InChI is InChI=1S/C18H20F2N2O4/c1-11-8-15(24-2)16(25-3)9-13(11)21-10-17(23)22-12-6-4-5-7-14(12)26-18(19)20/h4-9,18,21H,10H2,1-3H3,(H,22,23). The van der Waals surface area contributed by atoms with Crippen LogP contribution in [0.5, 0.6) is 17.2 Å². The largest absolute Gasteiger partial charge is 0.493 e. The van der Waals surface area contributed by atoms with Crippen LogP contribution in [0.4, 0.5) is 20.2 Å². The Morgan fingerprint density at radius 3 is 2.35 bits per heavy atom. The van der Waals surface area contributed by atoms with Crippen LogP contribution in [-0.2, 0) is 4.79 Å². The maximum atomic E-state index is 12.4. The number of anilines is 2. The molecule has 0 fully saturated rings. The van der Waals surface area contributed by atoms with Crippen molar-refractivity contribution in [2.45, 2.75) is 13.5 Å². The van der Waals surface area contributed by atoms with Gasteiger partial charge >= 0.3 is 6.61 Å². The van der Waals surface area contributed by atoms with Gasteiger partial charge in [0.1, 0.15) is 5.75 Å². The van der Waals surface area contributed by atoms with E-state index in [2.05, 4.69) is 15.4 Å². The fourth-order valence-electron chi connectivity index (χ4n) is 2.31. The molecule has 0 unspecified atom stereocenters. The summed E-state index contributed by atoms with van der Waals surface area (Å²) >= 11 is 0. The van der Waals surface area contributed by atoms with Crippen molar-refractivity contribution in [3.63, 3.8) is 0 Å². The summed E-state index contributed by atoms with van der Waals surface area (Å²) in [5, 5.41) is 5.52. The maximum absolute atomic E-state index is 12.4. The summed E-state index contributed by atoms with van der Waals surface area (Å²) in [6.45, 7) is -1.19. The molecule has 26 heavy (non-hydrogen) atoms. The molecular weight excluding hydrogens is 346 g/mol. The van der Waals surface area contributed by atoms with E-state index in [0.29, 0.717) is 17.2 Å². The van der Waals surface area contributed by atoms with E-state index in [4.69, 9.17) is 9.47 Å². The molecule has 0 aliphatic carbocycles. The summed E-state index contributed by atoms with van der Waals surface area (Å²) in [7, 11) is 3.06. The molecule has 0 saturated heterocycles. The van der Waals surface area contributed by atoms with E-state index in [9.17, 15) is 13.6 Å². The molecule has 2 rings (SSSR count). The van der Waals surface area contributed by atoms with Gasteiger partial charge in [0.2, 0.25) is 5.91 Å². The van der Waals surface area contributed by atoms with Crippen LogP contribution in [-0.4, -0.2) is 33.3 Å². The van der Waals surface area contributed by atoms with Crippen molar-refractivity contribution in [3.05, 3.63) is 42.0 Å². The zero-order chi connectivity index (χ0) is 19.1. The predicted molar refractivity (Wildman–Crippen MR) is 94.5 cm³/mol. The van der Waals surface area contributed by atoms with Gasteiger partial charge in [-0.05, 0) is 30.7 Å². The number of benzene rings is 2. The van der Waals surface area contributed by atoms with E-state index in [1.54, 1.807) is 24.3 Å². The van der Waals surface area contributed by atoms with Crippen LogP contribution in [0.25, 0.3) is 0 Å². The molecule has 0 atom stereocenters. The van der Waals surface area contributed by atoms with Gasteiger partial charge in [0.15, 0.2) is 11.5 Å². The molecule has 140 valence electrons. The average molecular weight is 366 g/mol. The first-order chi connectivity index (χ1) is 12.4. The molecule has 0 aliphatic heterocycles. The summed E-state index contributed by atoms with van der Waals surface area (Å²) in [5.74, 6) is 0.595. The van der Waals surface area contributed by atoms with Crippen molar-refractivity contribution >= 4 is 17.3 Å². The molecule has 2 aromatic carbocycles. The van der Waals surface area contributed by atoms with E-state index in [0.717, 1.165) is 5.56 Å². The van der Waals surface area contributed by atoms with E-state index < -0.39 is 12.5 Å². The molecule has 6 nitrogen and oxygen atoms in total. The first-order valence-corrected chi connectivity index (χ1v) is 7.74. The molecule has 0 saturated carbocycles. The number of para-hydroxylation sites is 2. The first-order valence-electron chi connectivity index (χ1n) is 7.74. The van der Waals surface area contributed by atoms with E-state index in [1.165, 1.54) is 26.4 Å². The van der Waals surface area contributed by atoms with Crippen LogP contribution in [0, 0.1) is 6.92 Å². The van der Waals surface area contributed by atoms with Crippen molar-refractivity contribution < 1.29 is 27.8 Å². The quantitative estimate of drug-likeness (QED) is 0.746. The third-order valence-electron chi connectivity index (χ3n) is 3.55. The zero-order valence-corrected chi connectivity index (χ0v) is 14.6. The third-order valence-corrected chi connectivity index (χ3v) is 3.55. The average Bonchev–Trinajstić information content (AvgIpc) is 2.61. The number of carbonyl (C=O) groups excluding carboxylic acids is 1. The Kier molecular flexibility index (Phi) is 6.60. The van der Waals surface area contributed by atoms with Gasteiger partial charge in [0, 0.05) is 11.8 Å². The highest BCUT2D eigenvalue weighted by Crippen LogP contribution is 2.32. The van der Waals surface area contributed by atoms with Gasteiger partial charge in [0.05, 0.1) is 26.5 Å². The van der Waals surface area contributed by atoms with Crippen LogP contribution in [0.2, 0.25) is 0 Å². The van der Waals surface area contributed by atoms with Crippen molar-refractivity contribution in [1.82, 2.24) is 0 Å². The number of halogens is 2. The van der Waals surface area contributed by atoms with E-state index in [-0.39, 0.29) is 18.0 Å². The second-order valence-electron chi connectivity index (χ2n) is 5.30. The van der Waals surface area contributed by atoms with Crippen LogP contribution in [0.1, 0.15) is 5.56 Å². The van der Waals surface area contributed by atoms with Gasteiger partial charge < -0.3 is 24.8 Å². The van der Waals surface area contributed by atoms with Crippen LogP contribution >= 0.6 is 0 Å². The molecule has 0 spiro atoms. The zero-order valence-electron chi connectivity index (χ0n) is 14.6. The maximum Gasteiger partial charge on any atom is 0.387 e. The number of amides is 1. The molecule has 8 heteroatoms. The molecule has 0 radical (unpaired) electrons. The molecule has 0 aliphatic rings. The number of aryl methyl sites for hydroxylation is 1. The lowest BCUT2D eigenvalue weighted by molar-refractivity contribution is -0.114. The lowest BCUT2D eigenvalue weighted by atomic mass is 10.1. The van der Waals surface area contributed by atoms with Crippen molar-refractivity contribution in [2.75, 3.05) is 31.4 Å². The minimum Gasteiger partial charge on any atom is -0.493 e. The van der Waals surface area contributed by atoms with Gasteiger partial charge in [-0.15, -0.1) is 0 Å². The number of nitrogens with one attached hydrogen (secondary N) is 2. The number of ether oxygens (including phenoxy) is 3. The smallest absolute Gasteiger partial charge is 0.387 e. The van der Waals surface area contributed by atoms with Crippen LogP contribution < -0.4 is 24.8 Å². The van der Waals surface area contributed by atoms with Gasteiger partial charge in [-0.2, -0.15) is 8.78 Å². The van der Waals surface area contributed by atoms with Crippen molar-refractivity contribution in [1.29, 1.82) is 0 Å². The number of carbonyl (C=O) groups is 1. The van der Waals surface area contributed by atoms with Gasteiger partial charge in [0.25, 0.3) is 0 Å². The monoisotopic (exact) mass is 366 g/mol. The van der Waals surface area contributed by atoms with Gasteiger partial charge in [-0.3, -0.25) is 4.79 Å². The Balaban J connectivity index is 2.04. The molecular formula is C18H20F2N2O4. The Labute approximate surface area is 150 Å². The summed E-state index contributed by atoms with van der Waals surface area (Å²) in [5.41, 5.74) is 1.72. The Morgan fingerprint density at radius 2 is 1.69 bits per heavy atom. The molecule has 2 N–H and O–H groups in total. The third kappa shape index (κ3) is 4.98. The number of alkyl halides is 2. The van der Waals surface area contributed by atoms with E-state index in [1.807, 2.05) is 6.92 Å². The highest BCUT2D eigenvalue weighted by Gasteiger charge is 2.13. The Morgan fingerprint density at radius 1 is 1.04 bits per heavy atom. The van der Waals surface area contributed by atoms with Crippen molar-refractivity contribution in [2.24, 2.45) is 0 Å². The molecule has 0 heterocycles. The normalized spacial score (nSPS) is 10.4. The molecule has 0 aromatic heterocycles. The summed E-state index contributed by atoms with van der Waals surface area (Å²) < 4.78 is 39.7. The van der Waals surface area contributed by atoms with E-state index >= 15 is 0 Å². The Hall–Kier alpha value is -3.03. The molecule has 1 amide bonds. The number of hydrogen-bond donors (Lipinski definition) is 2.